The third kappa shape index (κ3) is 3.44. The normalized spacial score (nSPS) is 22.0. The fraction of sp³-hybridized carbons (Fsp3) is 1.00. The fourth-order valence-electron chi connectivity index (χ4n) is 1.84. The second kappa shape index (κ2) is 5.23. The average molecular weight is 234 g/mol. The summed E-state index contributed by atoms with van der Waals surface area (Å²) in [6, 6.07) is 0. The monoisotopic (exact) mass is 233 g/mol. The van der Waals surface area contributed by atoms with Crippen LogP contribution in [-0.4, -0.2) is 29.9 Å². The number of piperidine rings is 1. The number of hydrogen-bond acceptors (Lipinski definition) is 1. The molecule has 12 heavy (non-hydrogen) atoms. The number of nitrogens with zero attached hydrogens (tertiary/aromatic N) is 1. The molecule has 0 saturated carbocycles. The Morgan fingerprint density at radius 2 is 1.92 bits per heavy atom. The third-order valence-electron chi connectivity index (χ3n) is 2.55. The van der Waals surface area contributed by atoms with Gasteiger partial charge in [-0.05, 0) is 37.8 Å². The van der Waals surface area contributed by atoms with Gasteiger partial charge in [-0.1, -0.05) is 29.8 Å². The van der Waals surface area contributed by atoms with Gasteiger partial charge in [0.1, 0.15) is 0 Å². The van der Waals surface area contributed by atoms with E-state index in [1.165, 1.54) is 37.8 Å². The van der Waals surface area contributed by atoms with E-state index in [2.05, 4.69) is 34.7 Å². The highest BCUT2D eigenvalue weighted by Crippen LogP contribution is 2.19. The highest BCUT2D eigenvalue weighted by atomic mass is 79.9. The Balaban J connectivity index is 2.17. The van der Waals surface area contributed by atoms with E-state index in [4.69, 9.17) is 0 Å². The van der Waals surface area contributed by atoms with E-state index >= 15 is 0 Å². The molecule has 0 unspecified atom stereocenters. The van der Waals surface area contributed by atoms with Crippen LogP contribution in [0.25, 0.3) is 0 Å². The number of likely N-dealkylation sites (tertiary alicyclic amines) is 1. The lowest BCUT2D eigenvalue weighted by atomic mass is 9.98. The summed E-state index contributed by atoms with van der Waals surface area (Å²) in [4.78, 5) is 2.60. The number of rotatable bonds is 3. The van der Waals surface area contributed by atoms with E-state index in [1.54, 1.807) is 0 Å². The Morgan fingerprint density at radius 3 is 2.33 bits per heavy atom. The zero-order valence-corrected chi connectivity index (χ0v) is 9.81. The molecule has 1 saturated heterocycles. The first-order valence-electron chi connectivity index (χ1n) is 5.00. The standard InChI is InChI=1S/C10H20BrN/c1-9(2)8-12-5-3-10(7-11)4-6-12/h9-10H,3-8H2,1-2H3. The quantitative estimate of drug-likeness (QED) is 0.679. The number of hydrogen-bond donors (Lipinski definition) is 0. The van der Waals surface area contributed by atoms with E-state index in [0.29, 0.717) is 0 Å². The van der Waals surface area contributed by atoms with Gasteiger partial charge >= 0.3 is 0 Å². The first kappa shape index (κ1) is 10.5. The van der Waals surface area contributed by atoms with Crippen molar-refractivity contribution >= 4 is 15.9 Å². The Labute approximate surface area is 84.6 Å². The first-order chi connectivity index (χ1) is 5.72. The zero-order valence-electron chi connectivity index (χ0n) is 8.22. The van der Waals surface area contributed by atoms with Crippen LogP contribution >= 0.6 is 15.9 Å². The molecule has 1 aliphatic rings. The molecule has 0 bridgehead atoms. The molecule has 1 heterocycles. The second-order valence-corrected chi connectivity index (χ2v) is 4.94. The minimum Gasteiger partial charge on any atom is -0.303 e. The molecule has 1 fully saturated rings. The maximum Gasteiger partial charge on any atom is 0.00606 e. The summed E-state index contributed by atoms with van der Waals surface area (Å²) >= 11 is 3.56. The molecule has 0 N–H and O–H groups in total. The van der Waals surface area contributed by atoms with Gasteiger partial charge in [0.25, 0.3) is 0 Å². The van der Waals surface area contributed by atoms with Crippen molar-refractivity contribution in [1.82, 2.24) is 4.90 Å². The predicted molar refractivity (Wildman–Crippen MR) is 57.8 cm³/mol. The molecule has 1 aliphatic heterocycles. The van der Waals surface area contributed by atoms with Crippen LogP contribution in [0.15, 0.2) is 0 Å². The van der Waals surface area contributed by atoms with Crippen LogP contribution in [0.5, 0.6) is 0 Å². The SMILES string of the molecule is CC(C)CN1CCC(CBr)CC1. The average Bonchev–Trinajstić information content (AvgIpc) is 2.05. The number of alkyl halides is 1. The van der Waals surface area contributed by atoms with Gasteiger partial charge in [-0.3, -0.25) is 0 Å². The summed E-state index contributed by atoms with van der Waals surface area (Å²) in [6.45, 7) is 8.52. The van der Waals surface area contributed by atoms with E-state index < -0.39 is 0 Å². The molecule has 0 spiro atoms. The lowest BCUT2D eigenvalue weighted by Gasteiger charge is -2.32. The second-order valence-electron chi connectivity index (χ2n) is 4.29. The lowest BCUT2D eigenvalue weighted by Crippen LogP contribution is -2.36. The van der Waals surface area contributed by atoms with Crippen LogP contribution in [-0.2, 0) is 0 Å². The van der Waals surface area contributed by atoms with Gasteiger partial charge in [0, 0.05) is 11.9 Å². The van der Waals surface area contributed by atoms with Crippen molar-refractivity contribution in [1.29, 1.82) is 0 Å². The maximum absolute atomic E-state index is 3.56. The van der Waals surface area contributed by atoms with Crippen molar-refractivity contribution in [2.45, 2.75) is 26.7 Å². The lowest BCUT2D eigenvalue weighted by molar-refractivity contribution is 0.177. The van der Waals surface area contributed by atoms with Crippen LogP contribution < -0.4 is 0 Å². The van der Waals surface area contributed by atoms with Crippen molar-refractivity contribution in [2.75, 3.05) is 25.0 Å². The van der Waals surface area contributed by atoms with Gasteiger partial charge in [-0.15, -0.1) is 0 Å². The molecule has 0 atom stereocenters. The van der Waals surface area contributed by atoms with Gasteiger partial charge in [0.15, 0.2) is 0 Å². The smallest absolute Gasteiger partial charge is 0.00606 e. The molecule has 0 amide bonds. The van der Waals surface area contributed by atoms with E-state index in [9.17, 15) is 0 Å². The van der Waals surface area contributed by atoms with Crippen molar-refractivity contribution < 1.29 is 0 Å². The summed E-state index contributed by atoms with van der Waals surface area (Å²) in [5.41, 5.74) is 0. The molecule has 0 aromatic carbocycles. The Hall–Kier alpha value is 0.440. The van der Waals surface area contributed by atoms with Gasteiger partial charge in [0.2, 0.25) is 0 Å². The van der Waals surface area contributed by atoms with E-state index in [0.717, 1.165) is 11.8 Å². The van der Waals surface area contributed by atoms with Gasteiger partial charge < -0.3 is 4.90 Å². The highest BCUT2D eigenvalue weighted by Gasteiger charge is 2.18. The van der Waals surface area contributed by atoms with Crippen LogP contribution in [0, 0.1) is 11.8 Å². The summed E-state index contributed by atoms with van der Waals surface area (Å²) in [7, 11) is 0. The fourth-order valence-corrected chi connectivity index (χ4v) is 2.49. The summed E-state index contributed by atoms with van der Waals surface area (Å²) in [5.74, 6) is 1.76. The van der Waals surface area contributed by atoms with Crippen LogP contribution in [0.3, 0.4) is 0 Å². The van der Waals surface area contributed by atoms with Crippen LogP contribution in [0.2, 0.25) is 0 Å². The predicted octanol–water partition coefficient (Wildman–Crippen LogP) is 2.75. The molecule has 1 nitrogen and oxygen atoms in total. The minimum atomic E-state index is 0.825. The zero-order chi connectivity index (χ0) is 8.97. The molecule has 2 heteroatoms. The largest absolute Gasteiger partial charge is 0.303 e. The van der Waals surface area contributed by atoms with Crippen LogP contribution in [0.1, 0.15) is 26.7 Å². The Morgan fingerprint density at radius 1 is 1.33 bits per heavy atom. The van der Waals surface area contributed by atoms with Crippen molar-refractivity contribution in [3.8, 4) is 0 Å². The van der Waals surface area contributed by atoms with E-state index in [1.807, 2.05) is 0 Å². The minimum absolute atomic E-state index is 0.825. The summed E-state index contributed by atoms with van der Waals surface area (Å²) < 4.78 is 0. The van der Waals surface area contributed by atoms with Gasteiger partial charge in [-0.25, -0.2) is 0 Å². The Bertz CT molecular complexity index is 117. The van der Waals surface area contributed by atoms with Crippen molar-refractivity contribution in [3.63, 3.8) is 0 Å². The summed E-state index contributed by atoms with van der Waals surface area (Å²) in [5, 5.41) is 1.20. The topological polar surface area (TPSA) is 3.24 Å². The van der Waals surface area contributed by atoms with E-state index in [-0.39, 0.29) is 0 Å². The molecule has 0 aromatic rings. The molecule has 1 rings (SSSR count). The third-order valence-corrected chi connectivity index (χ3v) is 3.46. The van der Waals surface area contributed by atoms with Crippen LogP contribution in [0.4, 0.5) is 0 Å². The van der Waals surface area contributed by atoms with Gasteiger partial charge in [0.05, 0.1) is 0 Å². The first-order valence-corrected chi connectivity index (χ1v) is 6.13. The molecule has 72 valence electrons. The van der Waals surface area contributed by atoms with Gasteiger partial charge in [-0.2, -0.15) is 0 Å². The highest BCUT2D eigenvalue weighted by molar-refractivity contribution is 9.09. The number of halogens is 1. The van der Waals surface area contributed by atoms with Crippen molar-refractivity contribution in [3.05, 3.63) is 0 Å². The molecule has 0 aromatic heterocycles. The Kier molecular flexibility index (Phi) is 4.59. The summed E-state index contributed by atoms with van der Waals surface area (Å²) in [6.07, 6.45) is 2.77. The maximum atomic E-state index is 3.56. The molecular weight excluding hydrogens is 214 g/mol. The molecular formula is C10H20BrN. The molecule has 0 aliphatic carbocycles. The molecule has 0 radical (unpaired) electrons. The van der Waals surface area contributed by atoms with Crippen molar-refractivity contribution in [2.24, 2.45) is 11.8 Å².